The number of rotatable bonds is 2. The molecule has 0 bridgehead atoms. The maximum atomic E-state index is 2.25. The minimum atomic E-state index is 1.30. The van der Waals surface area contributed by atoms with Gasteiger partial charge in [-0.05, 0) is 72.2 Å². The van der Waals surface area contributed by atoms with Crippen molar-refractivity contribution in [2.75, 3.05) is 0 Å². The van der Waals surface area contributed by atoms with Crippen LogP contribution in [0.5, 0.6) is 0 Å². The summed E-state index contributed by atoms with van der Waals surface area (Å²) in [6.07, 6.45) is 0. The highest BCUT2D eigenvalue weighted by Crippen LogP contribution is 2.31. The lowest BCUT2D eigenvalue weighted by atomic mass is 9.92. The molecule has 0 nitrogen and oxygen atoms in total. The minimum absolute atomic E-state index is 1.30. The van der Waals surface area contributed by atoms with Gasteiger partial charge in [0.2, 0.25) is 0 Å². The molecule has 0 fully saturated rings. The Morgan fingerprint density at radius 3 is 0.955 bits per heavy atom. The van der Waals surface area contributed by atoms with Gasteiger partial charge in [-0.15, -0.1) is 0 Å². The first-order valence-corrected chi connectivity index (χ1v) is 7.81. The first kappa shape index (κ1) is 14.6. The summed E-state index contributed by atoms with van der Waals surface area (Å²) in [5.74, 6) is 0. The molecular weight excluding hydrogens is 264 g/mol. The van der Waals surface area contributed by atoms with Gasteiger partial charge in [0.05, 0.1) is 0 Å². The highest BCUT2D eigenvalue weighted by molar-refractivity contribution is 5.76. The smallest absolute Gasteiger partial charge is 0.0125 e. The molecule has 3 aromatic carbocycles. The van der Waals surface area contributed by atoms with Gasteiger partial charge in [0.25, 0.3) is 0 Å². The molecular formula is C22H22. The molecule has 0 spiro atoms. The highest BCUT2D eigenvalue weighted by Gasteiger charge is 2.08. The van der Waals surface area contributed by atoms with Crippen LogP contribution in [-0.4, -0.2) is 0 Å². The fraction of sp³-hybridized carbons (Fsp3) is 0.182. The lowest BCUT2D eigenvalue weighted by Gasteiger charge is -2.13. The number of benzene rings is 3. The van der Waals surface area contributed by atoms with E-state index in [9.17, 15) is 0 Å². The van der Waals surface area contributed by atoms with Gasteiger partial charge < -0.3 is 0 Å². The van der Waals surface area contributed by atoms with Crippen LogP contribution in [0.2, 0.25) is 0 Å². The highest BCUT2D eigenvalue weighted by atomic mass is 14.1. The molecule has 0 radical (unpaired) electrons. The van der Waals surface area contributed by atoms with Crippen molar-refractivity contribution < 1.29 is 0 Å². The largest absolute Gasteiger partial charge is 0.0617 e. The second kappa shape index (κ2) is 5.81. The Labute approximate surface area is 133 Å². The van der Waals surface area contributed by atoms with Gasteiger partial charge in [0.15, 0.2) is 0 Å². The normalized spacial score (nSPS) is 10.7. The van der Waals surface area contributed by atoms with E-state index in [4.69, 9.17) is 0 Å². The third-order valence-corrected chi connectivity index (χ3v) is 4.42. The van der Waals surface area contributed by atoms with Crippen molar-refractivity contribution >= 4 is 0 Å². The summed E-state index contributed by atoms with van der Waals surface area (Å²) in [5.41, 5.74) is 10.6. The monoisotopic (exact) mass is 286 g/mol. The van der Waals surface area contributed by atoms with Gasteiger partial charge in [-0.3, -0.25) is 0 Å². The fourth-order valence-corrected chi connectivity index (χ4v) is 3.34. The quantitative estimate of drug-likeness (QED) is 0.522. The van der Waals surface area contributed by atoms with Gasteiger partial charge >= 0.3 is 0 Å². The van der Waals surface area contributed by atoms with Crippen molar-refractivity contribution in [1.29, 1.82) is 0 Å². The second-order valence-corrected chi connectivity index (χ2v) is 6.11. The number of hydrogen-bond acceptors (Lipinski definition) is 0. The molecule has 0 N–H and O–H groups in total. The minimum Gasteiger partial charge on any atom is -0.0617 e. The molecule has 0 unspecified atom stereocenters. The molecule has 0 atom stereocenters. The molecule has 0 aliphatic rings. The van der Waals surface area contributed by atoms with Crippen molar-refractivity contribution in [3.05, 3.63) is 82.9 Å². The van der Waals surface area contributed by atoms with E-state index in [-0.39, 0.29) is 0 Å². The Kier molecular flexibility index (Phi) is 3.85. The molecule has 0 aromatic heterocycles. The topological polar surface area (TPSA) is 0 Å². The number of aryl methyl sites for hydroxylation is 4. The van der Waals surface area contributed by atoms with Crippen molar-refractivity contribution in [3.63, 3.8) is 0 Å². The molecule has 0 saturated carbocycles. The number of hydrogen-bond donors (Lipinski definition) is 0. The SMILES string of the molecule is Cc1cccc(C)c1-c1ccc(-c2c(C)cccc2C)cc1. The van der Waals surface area contributed by atoms with Crippen molar-refractivity contribution in [3.8, 4) is 22.3 Å². The van der Waals surface area contributed by atoms with Crippen LogP contribution in [0, 0.1) is 27.7 Å². The van der Waals surface area contributed by atoms with Crippen LogP contribution in [0.25, 0.3) is 22.3 Å². The van der Waals surface area contributed by atoms with Gasteiger partial charge in [0, 0.05) is 0 Å². The molecule has 0 saturated heterocycles. The molecule has 0 heteroatoms. The molecule has 0 heterocycles. The average Bonchev–Trinajstić information content (AvgIpc) is 2.48. The van der Waals surface area contributed by atoms with Crippen LogP contribution < -0.4 is 0 Å². The van der Waals surface area contributed by atoms with Crippen LogP contribution in [0.4, 0.5) is 0 Å². The van der Waals surface area contributed by atoms with E-state index < -0.39 is 0 Å². The van der Waals surface area contributed by atoms with Crippen LogP contribution in [0.15, 0.2) is 60.7 Å². The zero-order valence-corrected chi connectivity index (χ0v) is 13.8. The summed E-state index contributed by atoms with van der Waals surface area (Å²) >= 11 is 0. The second-order valence-electron chi connectivity index (χ2n) is 6.11. The van der Waals surface area contributed by atoms with Crippen LogP contribution >= 0.6 is 0 Å². The van der Waals surface area contributed by atoms with Crippen LogP contribution in [-0.2, 0) is 0 Å². The van der Waals surface area contributed by atoms with Gasteiger partial charge in [-0.25, -0.2) is 0 Å². The van der Waals surface area contributed by atoms with E-state index in [1.807, 2.05) is 0 Å². The standard InChI is InChI=1S/C22H22/c1-15-7-5-8-16(2)21(15)19-11-13-20(14-12-19)22-17(3)9-6-10-18(22)4/h5-14H,1-4H3. The lowest BCUT2D eigenvalue weighted by molar-refractivity contribution is 1.36. The van der Waals surface area contributed by atoms with Crippen LogP contribution in [0.3, 0.4) is 0 Å². The Morgan fingerprint density at radius 2 is 0.682 bits per heavy atom. The summed E-state index contributed by atoms with van der Waals surface area (Å²) in [5, 5.41) is 0. The van der Waals surface area contributed by atoms with Crippen molar-refractivity contribution in [2.24, 2.45) is 0 Å². The molecule has 110 valence electrons. The van der Waals surface area contributed by atoms with E-state index in [1.165, 1.54) is 44.5 Å². The Balaban J connectivity index is 2.08. The first-order chi connectivity index (χ1) is 10.6. The van der Waals surface area contributed by atoms with E-state index in [2.05, 4.69) is 88.4 Å². The predicted octanol–water partition coefficient (Wildman–Crippen LogP) is 6.25. The predicted molar refractivity (Wildman–Crippen MR) is 96.3 cm³/mol. The maximum Gasteiger partial charge on any atom is -0.0125 e. The van der Waals surface area contributed by atoms with E-state index in [1.54, 1.807) is 0 Å². The van der Waals surface area contributed by atoms with E-state index in [0.717, 1.165) is 0 Å². The lowest BCUT2D eigenvalue weighted by Crippen LogP contribution is -1.90. The van der Waals surface area contributed by atoms with Gasteiger partial charge in [-0.2, -0.15) is 0 Å². The molecule has 0 aliphatic carbocycles. The third-order valence-electron chi connectivity index (χ3n) is 4.42. The zero-order valence-electron chi connectivity index (χ0n) is 13.8. The molecule has 3 aromatic rings. The Hall–Kier alpha value is -2.34. The summed E-state index contributed by atoms with van der Waals surface area (Å²) in [4.78, 5) is 0. The van der Waals surface area contributed by atoms with E-state index in [0.29, 0.717) is 0 Å². The first-order valence-electron chi connectivity index (χ1n) is 7.81. The molecule has 3 rings (SSSR count). The summed E-state index contributed by atoms with van der Waals surface area (Å²) < 4.78 is 0. The van der Waals surface area contributed by atoms with Crippen molar-refractivity contribution in [2.45, 2.75) is 27.7 Å². The van der Waals surface area contributed by atoms with Gasteiger partial charge in [-0.1, -0.05) is 60.7 Å². The Morgan fingerprint density at radius 1 is 0.409 bits per heavy atom. The summed E-state index contributed by atoms with van der Waals surface area (Å²) in [7, 11) is 0. The maximum absolute atomic E-state index is 2.25. The molecule has 0 amide bonds. The average molecular weight is 286 g/mol. The Bertz CT molecular complexity index is 697. The van der Waals surface area contributed by atoms with Gasteiger partial charge in [0.1, 0.15) is 0 Å². The van der Waals surface area contributed by atoms with Crippen molar-refractivity contribution in [1.82, 2.24) is 0 Å². The third kappa shape index (κ3) is 2.57. The summed E-state index contributed by atoms with van der Waals surface area (Å²) in [6.45, 7) is 8.73. The fourth-order valence-electron chi connectivity index (χ4n) is 3.34. The van der Waals surface area contributed by atoms with Crippen LogP contribution in [0.1, 0.15) is 22.3 Å². The summed E-state index contributed by atoms with van der Waals surface area (Å²) in [6, 6.07) is 22.0. The molecule has 0 aliphatic heterocycles. The van der Waals surface area contributed by atoms with E-state index >= 15 is 0 Å². The zero-order chi connectivity index (χ0) is 15.7. The molecule has 22 heavy (non-hydrogen) atoms.